The summed E-state index contributed by atoms with van der Waals surface area (Å²) in [6.45, 7) is 2.09. The van der Waals surface area contributed by atoms with Gasteiger partial charge >= 0.3 is 5.97 Å². The average molecular weight is 306 g/mol. The van der Waals surface area contributed by atoms with Gasteiger partial charge in [-0.1, -0.05) is 0 Å². The monoisotopic (exact) mass is 306 g/mol. The Morgan fingerprint density at radius 3 is 3.00 bits per heavy atom. The van der Waals surface area contributed by atoms with Crippen molar-refractivity contribution in [2.45, 2.75) is 26.2 Å². The number of carboxylic acids is 1. The van der Waals surface area contributed by atoms with Crippen molar-refractivity contribution in [2.75, 3.05) is 0 Å². The normalized spacial score (nSPS) is 11.2. The molecule has 6 heteroatoms. The summed E-state index contributed by atoms with van der Waals surface area (Å²) in [5.41, 5.74) is 3.39. The maximum absolute atomic E-state index is 10.6. The summed E-state index contributed by atoms with van der Waals surface area (Å²) in [7, 11) is 0. The fraction of sp³-hybridized carbons (Fsp3) is 0.286. The van der Waals surface area contributed by atoms with E-state index in [0.29, 0.717) is 6.42 Å². The second-order valence-corrected chi connectivity index (χ2v) is 6.44. The molecule has 3 aromatic rings. The van der Waals surface area contributed by atoms with E-state index in [0.717, 1.165) is 22.8 Å². The number of aryl methyl sites for hydroxylation is 2. The van der Waals surface area contributed by atoms with Crippen LogP contribution in [0, 0.1) is 6.92 Å². The van der Waals surface area contributed by atoms with Crippen molar-refractivity contribution in [1.29, 1.82) is 0 Å². The summed E-state index contributed by atoms with van der Waals surface area (Å²) in [6, 6.07) is 2.10. The van der Waals surface area contributed by atoms with E-state index >= 15 is 0 Å². The second kappa shape index (κ2) is 5.38. The van der Waals surface area contributed by atoms with E-state index in [-0.39, 0.29) is 6.42 Å². The number of fused-ring (bicyclic) bond motifs is 1. The molecule has 0 radical (unpaired) electrons. The standard InChI is InChI=1S/C14H14N2O2S2/c1-9-5-6-19-13(9)11-7-16-10(3-2-4-12(17)18)8-20-14(16)15-11/h5-8H,2-4H2,1H3,(H,17,18). The van der Waals surface area contributed by atoms with Gasteiger partial charge in [-0.15, -0.1) is 22.7 Å². The quantitative estimate of drug-likeness (QED) is 0.779. The Hall–Kier alpha value is -1.66. The van der Waals surface area contributed by atoms with E-state index < -0.39 is 5.97 Å². The number of carboxylic acid groups (broad SMARTS) is 1. The largest absolute Gasteiger partial charge is 0.481 e. The number of aromatic nitrogens is 2. The van der Waals surface area contributed by atoms with Crippen molar-refractivity contribution >= 4 is 33.6 Å². The van der Waals surface area contributed by atoms with Crippen LogP contribution in [0.5, 0.6) is 0 Å². The highest BCUT2D eigenvalue weighted by Gasteiger charge is 2.12. The minimum atomic E-state index is -0.739. The zero-order chi connectivity index (χ0) is 14.1. The molecule has 0 fully saturated rings. The lowest BCUT2D eigenvalue weighted by Gasteiger charge is -1.97. The number of carbonyl (C=O) groups is 1. The molecule has 4 nitrogen and oxygen atoms in total. The van der Waals surface area contributed by atoms with E-state index in [1.807, 2.05) is 0 Å². The van der Waals surface area contributed by atoms with Crippen LogP contribution in [-0.4, -0.2) is 20.5 Å². The third kappa shape index (κ3) is 2.48. The van der Waals surface area contributed by atoms with Gasteiger partial charge in [0.1, 0.15) is 5.69 Å². The minimum absolute atomic E-state index is 0.211. The smallest absolute Gasteiger partial charge is 0.303 e. The summed E-state index contributed by atoms with van der Waals surface area (Å²) in [4.78, 5) is 17.4. The van der Waals surface area contributed by atoms with E-state index in [1.54, 1.807) is 22.7 Å². The van der Waals surface area contributed by atoms with Crippen molar-refractivity contribution in [3.8, 4) is 10.6 Å². The molecule has 104 valence electrons. The van der Waals surface area contributed by atoms with Gasteiger partial charge in [-0.3, -0.25) is 9.20 Å². The van der Waals surface area contributed by atoms with Gasteiger partial charge < -0.3 is 5.11 Å². The van der Waals surface area contributed by atoms with Crippen LogP contribution >= 0.6 is 22.7 Å². The molecule has 0 aliphatic carbocycles. The van der Waals surface area contributed by atoms with Crippen LogP contribution in [-0.2, 0) is 11.2 Å². The van der Waals surface area contributed by atoms with Gasteiger partial charge in [0.25, 0.3) is 0 Å². The van der Waals surface area contributed by atoms with Gasteiger partial charge in [0, 0.05) is 23.7 Å². The van der Waals surface area contributed by atoms with E-state index in [4.69, 9.17) is 5.11 Å². The number of rotatable bonds is 5. The summed E-state index contributed by atoms with van der Waals surface area (Å²) in [6.07, 6.45) is 3.70. The first-order valence-corrected chi connectivity index (χ1v) is 8.13. The molecular weight excluding hydrogens is 292 g/mol. The molecule has 0 unspecified atom stereocenters. The number of hydrogen-bond acceptors (Lipinski definition) is 4. The van der Waals surface area contributed by atoms with Gasteiger partial charge in [-0.05, 0) is 36.8 Å². The Labute approximate surface area is 124 Å². The molecule has 20 heavy (non-hydrogen) atoms. The zero-order valence-corrected chi connectivity index (χ0v) is 12.6. The highest BCUT2D eigenvalue weighted by molar-refractivity contribution is 7.15. The molecule has 0 amide bonds. The van der Waals surface area contributed by atoms with Crippen LogP contribution in [0.1, 0.15) is 24.1 Å². The summed E-state index contributed by atoms with van der Waals surface area (Å²) in [5, 5.41) is 12.8. The molecule has 0 saturated carbocycles. The zero-order valence-electron chi connectivity index (χ0n) is 11.0. The maximum Gasteiger partial charge on any atom is 0.303 e. The van der Waals surface area contributed by atoms with Crippen LogP contribution in [0.4, 0.5) is 0 Å². The summed E-state index contributed by atoms with van der Waals surface area (Å²) < 4.78 is 2.08. The topological polar surface area (TPSA) is 54.6 Å². The van der Waals surface area contributed by atoms with Crippen LogP contribution in [0.2, 0.25) is 0 Å². The average Bonchev–Trinajstić information content (AvgIpc) is 3.05. The molecule has 1 N–H and O–H groups in total. The van der Waals surface area contributed by atoms with Crippen molar-refractivity contribution in [2.24, 2.45) is 0 Å². The van der Waals surface area contributed by atoms with Gasteiger partial charge in [0.05, 0.1) is 4.88 Å². The molecule has 3 rings (SSSR count). The van der Waals surface area contributed by atoms with E-state index in [1.165, 1.54) is 10.4 Å². The third-order valence-electron chi connectivity index (χ3n) is 3.20. The van der Waals surface area contributed by atoms with Gasteiger partial charge in [-0.25, -0.2) is 4.98 Å². The van der Waals surface area contributed by atoms with E-state index in [2.05, 4.69) is 39.3 Å². The lowest BCUT2D eigenvalue weighted by Crippen LogP contribution is -1.97. The van der Waals surface area contributed by atoms with Crippen LogP contribution in [0.15, 0.2) is 23.0 Å². The number of imidazole rings is 1. The molecule has 0 spiro atoms. The van der Waals surface area contributed by atoms with Crippen molar-refractivity contribution in [3.63, 3.8) is 0 Å². The molecule has 0 saturated heterocycles. The van der Waals surface area contributed by atoms with Gasteiger partial charge in [0.2, 0.25) is 0 Å². The molecular formula is C14H14N2O2S2. The Bertz CT molecular complexity index is 754. The summed E-state index contributed by atoms with van der Waals surface area (Å²) in [5.74, 6) is -0.739. The number of aliphatic carboxylic acids is 1. The van der Waals surface area contributed by atoms with Crippen LogP contribution in [0.25, 0.3) is 15.5 Å². The van der Waals surface area contributed by atoms with Crippen LogP contribution in [0.3, 0.4) is 0 Å². The van der Waals surface area contributed by atoms with Crippen molar-refractivity contribution in [1.82, 2.24) is 9.38 Å². The van der Waals surface area contributed by atoms with Gasteiger partial charge in [-0.2, -0.15) is 0 Å². The molecule has 0 atom stereocenters. The Morgan fingerprint density at radius 2 is 2.30 bits per heavy atom. The molecule has 3 aromatic heterocycles. The molecule has 0 aliphatic rings. The van der Waals surface area contributed by atoms with Crippen molar-refractivity contribution < 1.29 is 9.90 Å². The predicted octanol–water partition coefficient (Wildman–Crippen LogP) is 3.84. The predicted molar refractivity (Wildman–Crippen MR) is 81.7 cm³/mol. The van der Waals surface area contributed by atoms with Gasteiger partial charge in [0.15, 0.2) is 4.96 Å². The highest BCUT2D eigenvalue weighted by atomic mass is 32.1. The Morgan fingerprint density at radius 1 is 1.45 bits per heavy atom. The summed E-state index contributed by atoms with van der Waals surface area (Å²) >= 11 is 3.31. The minimum Gasteiger partial charge on any atom is -0.481 e. The lowest BCUT2D eigenvalue weighted by molar-refractivity contribution is -0.137. The number of thiophene rings is 1. The third-order valence-corrected chi connectivity index (χ3v) is 5.13. The maximum atomic E-state index is 10.6. The molecule has 0 bridgehead atoms. The Balaban J connectivity index is 1.87. The molecule has 0 aliphatic heterocycles. The van der Waals surface area contributed by atoms with Crippen LogP contribution < -0.4 is 0 Å². The first kappa shape index (κ1) is 13.3. The molecule has 3 heterocycles. The Kier molecular flexibility index (Phi) is 3.58. The van der Waals surface area contributed by atoms with Crippen molar-refractivity contribution in [3.05, 3.63) is 34.3 Å². The van der Waals surface area contributed by atoms with E-state index in [9.17, 15) is 4.79 Å². The molecule has 0 aromatic carbocycles. The second-order valence-electron chi connectivity index (χ2n) is 4.69. The SMILES string of the molecule is Cc1ccsc1-c1cn2c(CCCC(=O)O)csc2n1. The first-order chi connectivity index (χ1) is 9.65. The number of hydrogen-bond donors (Lipinski definition) is 1. The fourth-order valence-electron chi connectivity index (χ4n) is 2.17. The highest BCUT2D eigenvalue weighted by Crippen LogP contribution is 2.30. The number of thiazole rings is 1. The lowest BCUT2D eigenvalue weighted by atomic mass is 10.2. The number of nitrogens with zero attached hydrogens (tertiary/aromatic N) is 2. The first-order valence-electron chi connectivity index (χ1n) is 6.37. The fourth-order valence-corrected chi connectivity index (χ4v) is 3.96.